The minimum atomic E-state index is -0.142. The quantitative estimate of drug-likeness (QED) is 0.704. The summed E-state index contributed by atoms with van der Waals surface area (Å²) in [6.07, 6.45) is 0.413. The summed E-state index contributed by atoms with van der Waals surface area (Å²) in [6.45, 7) is 1.98. The summed E-state index contributed by atoms with van der Waals surface area (Å²) in [7, 11) is 3.67. The summed E-state index contributed by atoms with van der Waals surface area (Å²) in [5.41, 5.74) is 7.90. The molecular formula is C10H16N4O. The number of nitrogens with two attached hydrogens (primary N) is 1. The normalized spacial score (nSPS) is 26.4. The van der Waals surface area contributed by atoms with Gasteiger partial charge in [-0.3, -0.25) is 9.48 Å². The van der Waals surface area contributed by atoms with E-state index in [4.69, 9.17) is 5.73 Å². The molecule has 0 spiro atoms. The number of aromatic nitrogens is 2. The number of likely N-dealkylation sites (tertiary alicyclic amines) is 1. The smallest absolute Gasteiger partial charge is 0.224 e. The molecule has 1 aliphatic heterocycles. The molecular weight excluding hydrogens is 192 g/mol. The highest BCUT2D eigenvalue weighted by molar-refractivity contribution is 5.79. The predicted octanol–water partition coefficient (Wildman–Crippen LogP) is -0.0410. The Labute approximate surface area is 88.8 Å². The van der Waals surface area contributed by atoms with Gasteiger partial charge in [0.15, 0.2) is 0 Å². The molecule has 15 heavy (non-hydrogen) atoms. The molecule has 5 heteroatoms. The van der Waals surface area contributed by atoms with Gasteiger partial charge >= 0.3 is 0 Å². The van der Waals surface area contributed by atoms with Crippen molar-refractivity contribution in [3.05, 3.63) is 17.5 Å². The Morgan fingerprint density at radius 1 is 1.53 bits per heavy atom. The minimum absolute atomic E-state index is 0.0719. The molecule has 0 unspecified atom stereocenters. The van der Waals surface area contributed by atoms with E-state index < -0.39 is 0 Å². The van der Waals surface area contributed by atoms with Crippen LogP contribution < -0.4 is 5.73 Å². The van der Waals surface area contributed by atoms with Crippen molar-refractivity contribution >= 4 is 5.91 Å². The Kier molecular flexibility index (Phi) is 2.26. The van der Waals surface area contributed by atoms with Gasteiger partial charge in [0.1, 0.15) is 0 Å². The Balaban J connectivity index is 2.34. The zero-order chi connectivity index (χ0) is 11.2. The standard InChI is InChI=1S/C10H16N4O/c1-6-4-8(12-14(6)3)10-7(11)5-9(15)13(10)2/h4,7,10H,5,11H2,1-3H3/t7-,10-/m0/s1. The molecule has 1 aromatic heterocycles. The van der Waals surface area contributed by atoms with Crippen LogP contribution in [0.2, 0.25) is 0 Å². The highest BCUT2D eigenvalue weighted by Gasteiger charge is 2.37. The van der Waals surface area contributed by atoms with Crippen LogP contribution in [0.15, 0.2) is 6.07 Å². The Morgan fingerprint density at radius 3 is 2.60 bits per heavy atom. The predicted molar refractivity (Wildman–Crippen MR) is 56.0 cm³/mol. The number of carbonyl (C=O) groups excluding carboxylic acids is 1. The second kappa shape index (κ2) is 3.34. The van der Waals surface area contributed by atoms with E-state index in [1.54, 1.807) is 16.6 Å². The maximum Gasteiger partial charge on any atom is 0.224 e. The third-order valence-corrected chi connectivity index (χ3v) is 3.06. The summed E-state index contributed by atoms with van der Waals surface area (Å²) in [4.78, 5) is 13.2. The molecule has 1 saturated heterocycles. The van der Waals surface area contributed by atoms with Crippen LogP contribution >= 0.6 is 0 Å². The van der Waals surface area contributed by atoms with E-state index in [1.165, 1.54) is 0 Å². The van der Waals surface area contributed by atoms with Gasteiger partial charge in [0.25, 0.3) is 0 Å². The van der Waals surface area contributed by atoms with Crippen LogP contribution in [0.3, 0.4) is 0 Å². The lowest BCUT2D eigenvalue weighted by molar-refractivity contribution is -0.127. The average Bonchev–Trinajstić information content (AvgIpc) is 2.57. The van der Waals surface area contributed by atoms with Gasteiger partial charge in [-0.25, -0.2) is 0 Å². The Morgan fingerprint density at radius 2 is 2.20 bits per heavy atom. The molecule has 0 radical (unpaired) electrons. The number of likely N-dealkylation sites (N-methyl/N-ethyl adjacent to an activating group) is 1. The second-order valence-corrected chi connectivity index (χ2v) is 4.15. The van der Waals surface area contributed by atoms with E-state index in [2.05, 4.69) is 5.10 Å². The molecule has 2 N–H and O–H groups in total. The van der Waals surface area contributed by atoms with Gasteiger partial charge < -0.3 is 10.6 Å². The fraction of sp³-hybridized carbons (Fsp3) is 0.600. The highest BCUT2D eigenvalue weighted by Crippen LogP contribution is 2.29. The van der Waals surface area contributed by atoms with Crippen LogP contribution in [-0.4, -0.2) is 33.7 Å². The fourth-order valence-electron chi connectivity index (χ4n) is 2.05. The molecule has 0 saturated carbocycles. The first-order valence-electron chi connectivity index (χ1n) is 5.02. The third kappa shape index (κ3) is 1.52. The first-order valence-corrected chi connectivity index (χ1v) is 5.02. The van der Waals surface area contributed by atoms with Crippen molar-refractivity contribution in [2.24, 2.45) is 12.8 Å². The summed E-state index contributed by atoms with van der Waals surface area (Å²) in [5, 5.41) is 4.37. The molecule has 5 nitrogen and oxygen atoms in total. The number of hydrogen-bond donors (Lipinski definition) is 1. The Hall–Kier alpha value is -1.36. The van der Waals surface area contributed by atoms with Crippen LogP contribution in [-0.2, 0) is 11.8 Å². The van der Waals surface area contributed by atoms with Crippen LogP contribution in [0.5, 0.6) is 0 Å². The van der Waals surface area contributed by atoms with Crippen LogP contribution in [0.4, 0.5) is 0 Å². The molecule has 1 aromatic rings. The second-order valence-electron chi connectivity index (χ2n) is 4.15. The lowest BCUT2D eigenvalue weighted by atomic mass is 10.1. The Bertz CT molecular complexity index is 379. The van der Waals surface area contributed by atoms with Gasteiger partial charge in [-0.2, -0.15) is 5.10 Å². The number of carbonyl (C=O) groups is 1. The zero-order valence-electron chi connectivity index (χ0n) is 9.27. The fourth-order valence-corrected chi connectivity index (χ4v) is 2.05. The number of amides is 1. The van der Waals surface area contributed by atoms with Crippen LogP contribution in [0, 0.1) is 6.92 Å². The molecule has 1 fully saturated rings. The molecule has 1 amide bonds. The molecule has 82 valence electrons. The highest BCUT2D eigenvalue weighted by atomic mass is 16.2. The van der Waals surface area contributed by atoms with E-state index >= 15 is 0 Å². The number of nitrogens with zero attached hydrogens (tertiary/aromatic N) is 3. The van der Waals surface area contributed by atoms with Crippen molar-refractivity contribution < 1.29 is 4.79 Å². The van der Waals surface area contributed by atoms with E-state index in [0.717, 1.165) is 11.4 Å². The van der Waals surface area contributed by atoms with E-state index in [1.807, 2.05) is 20.0 Å². The van der Waals surface area contributed by atoms with Gasteiger partial charge in [-0.05, 0) is 13.0 Å². The van der Waals surface area contributed by atoms with E-state index in [0.29, 0.717) is 6.42 Å². The lowest BCUT2D eigenvalue weighted by Gasteiger charge is -2.20. The maximum absolute atomic E-state index is 11.5. The van der Waals surface area contributed by atoms with Crippen LogP contribution in [0.25, 0.3) is 0 Å². The summed E-state index contributed by atoms with van der Waals surface area (Å²) >= 11 is 0. The van der Waals surface area contributed by atoms with Crippen LogP contribution in [0.1, 0.15) is 23.9 Å². The largest absolute Gasteiger partial charge is 0.335 e. The SMILES string of the molecule is Cc1cc([C@@H]2[C@@H](N)CC(=O)N2C)nn1C. The monoisotopic (exact) mass is 208 g/mol. The molecule has 0 aromatic carbocycles. The zero-order valence-corrected chi connectivity index (χ0v) is 9.27. The molecule has 0 aliphatic carbocycles. The van der Waals surface area contributed by atoms with Crippen molar-refractivity contribution in [1.29, 1.82) is 0 Å². The number of rotatable bonds is 1. The molecule has 0 bridgehead atoms. The van der Waals surface area contributed by atoms with Gasteiger partial charge in [-0.15, -0.1) is 0 Å². The number of aryl methyl sites for hydroxylation is 2. The minimum Gasteiger partial charge on any atom is -0.335 e. The van der Waals surface area contributed by atoms with Crippen molar-refractivity contribution in [2.45, 2.75) is 25.4 Å². The first-order chi connectivity index (χ1) is 7.00. The van der Waals surface area contributed by atoms with Crippen molar-refractivity contribution in [3.63, 3.8) is 0 Å². The first kappa shape index (κ1) is 10.2. The lowest BCUT2D eigenvalue weighted by Crippen LogP contribution is -2.30. The molecule has 2 heterocycles. The van der Waals surface area contributed by atoms with Crippen molar-refractivity contribution in [2.75, 3.05) is 7.05 Å². The average molecular weight is 208 g/mol. The molecule has 2 atom stereocenters. The number of hydrogen-bond acceptors (Lipinski definition) is 3. The van der Waals surface area contributed by atoms with Gasteiger partial charge in [0, 0.05) is 32.3 Å². The van der Waals surface area contributed by atoms with E-state index in [-0.39, 0.29) is 18.0 Å². The molecule has 2 rings (SSSR count). The van der Waals surface area contributed by atoms with E-state index in [9.17, 15) is 4.79 Å². The van der Waals surface area contributed by atoms with Gasteiger partial charge in [0.05, 0.1) is 11.7 Å². The van der Waals surface area contributed by atoms with Gasteiger partial charge in [0.2, 0.25) is 5.91 Å². The summed E-state index contributed by atoms with van der Waals surface area (Å²) in [6, 6.07) is 1.77. The van der Waals surface area contributed by atoms with Crippen molar-refractivity contribution in [1.82, 2.24) is 14.7 Å². The third-order valence-electron chi connectivity index (χ3n) is 3.06. The topological polar surface area (TPSA) is 64.2 Å². The van der Waals surface area contributed by atoms with Crippen molar-refractivity contribution in [3.8, 4) is 0 Å². The molecule has 1 aliphatic rings. The maximum atomic E-state index is 11.5. The summed E-state index contributed by atoms with van der Waals surface area (Å²) in [5.74, 6) is 0.0933. The summed E-state index contributed by atoms with van der Waals surface area (Å²) < 4.78 is 1.80. The van der Waals surface area contributed by atoms with Gasteiger partial charge in [-0.1, -0.05) is 0 Å².